The Morgan fingerprint density at radius 2 is 1.96 bits per heavy atom. The lowest BCUT2D eigenvalue weighted by Crippen LogP contribution is -2.16. The zero-order chi connectivity index (χ0) is 19.6. The molecule has 8 nitrogen and oxygen atoms in total. The summed E-state index contributed by atoms with van der Waals surface area (Å²) in [6.45, 7) is 2.00. The summed E-state index contributed by atoms with van der Waals surface area (Å²) in [6.07, 6.45) is 3.60. The number of nitro benzene ring substituents is 1. The van der Waals surface area contributed by atoms with Gasteiger partial charge in [0.05, 0.1) is 16.7 Å². The number of nitrogens with zero attached hydrogens (tertiary/aromatic N) is 2. The van der Waals surface area contributed by atoms with Crippen molar-refractivity contribution in [2.45, 2.75) is 26.2 Å². The summed E-state index contributed by atoms with van der Waals surface area (Å²) in [7, 11) is 0. The average molecular weight is 369 g/mol. The van der Waals surface area contributed by atoms with E-state index in [0.29, 0.717) is 17.7 Å². The summed E-state index contributed by atoms with van der Waals surface area (Å²) in [5.41, 5.74) is 3.16. The molecule has 0 unspecified atom stereocenters. The zero-order valence-corrected chi connectivity index (χ0v) is 14.8. The van der Waals surface area contributed by atoms with E-state index in [1.807, 2.05) is 6.92 Å². The van der Waals surface area contributed by atoms with E-state index in [2.05, 4.69) is 10.5 Å². The van der Waals surface area contributed by atoms with Gasteiger partial charge in [0.2, 0.25) is 5.91 Å². The third-order valence-corrected chi connectivity index (χ3v) is 3.54. The molecule has 0 saturated heterocycles. The molecule has 0 spiro atoms. The second kappa shape index (κ2) is 9.81. The summed E-state index contributed by atoms with van der Waals surface area (Å²) in [5, 5.41) is 14.5. The van der Waals surface area contributed by atoms with E-state index in [1.165, 1.54) is 30.5 Å². The minimum atomic E-state index is -0.633. The van der Waals surface area contributed by atoms with Crippen LogP contribution in [-0.4, -0.2) is 23.0 Å². The molecule has 2 aromatic carbocycles. The average Bonchev–Trinajstić information content (AvgIpc) is 2.66. The van der Waals surface area contributed by atoms with Gasteiger partial charge in [-0.1, -0.05) is 25.5 Å². The molecule has 0 aliphatic rings. The van der Waals surface area contributed by atoms with Crippen molar-refractivity contribution < 1.29 is 19.2 Å². The fraction of sp³-hybridized carbons (Fsp3) is 0.211. The normalized spacial score (nSPS) is 10.6. The Kier molecular flexibility index (Phi) is 7.18. The lowest BCUT2D eigenvalue weighted by molar-refractivity contribution is -0.384. The van der Waals surface area contributed by atoms with E-state index >= 15 is 0 Å². The van der Waals surface area contributed by atoms with E-state index in [9.17, 15) is 19.7 Å². The number of hydrazone groups is 1. The number of hydrogen-bond donors (Lipinski definition) is 1. The highest BCUT2D eigenvalue weighted by Crippen LogP contribution is 2.16. The summed E-state index contributed by atoms with van der Waals surface area (Å²) in [5.74, 6) is -0.500. The number of unbranched alkanes of at least 4 members (excludes halogenated alkanes) is 1. The van der Waals surface area contributed by atoms with Crippen molar-refractivity contribution in [1.29, 1.82) is 0 Å². The van der Waals surface area contributed by atoms with Crippen LogP contribution < -0.4 is 10.2 Å². The second-order valence-corrected chi connectivity index (χ2v) is 5.66. The number of esters is 1. The highest BCUT2D eigenvalue weighted by Gasteiger charge is 2.11. The summed E-state index contributed by atoms with van der Waals surface area (Å²) < 4.78 is 5.26. The molecule has 140 valence electrons. The number of carbonyl (C=O) groups excluding carboxylic acids is 2. The summed E-state index contributed by atoms with van der Waals surface area (Å²) in [4.78, 5) is 33.7. The topological polar surface area (TPSA) is 111 Å². The molecule has 2 rings (SSSR count). The van der Waals surface area contributed by atoms with Crippen LogP contribution in [0.2, 0.25) is 0 Å². The first-order valence-corrected chi connectivity index (χ1v) is 8.38. The van der Waals surface area contributed by atoms with Crippen LogP contribution in [0.3, 0.4) is 0 Å². The minimum Gasteiger partial charge on any atom is -0.423 e. The maximum Gasteiger partial charge on any atom is 0.343 e. The number of nitrogens with one attached hydrogen (secondary N) is 1. The molecule has 0 bridgehead atoms. The van der Waals surface area contributed by atoms with Crippen LogP contribution in [0.1, 0.15) is 42.1 Å². The molecule has 0 aromatic heterocycles. The number of amides is 1. The number of hydrogen-bond acceptors (Lipinski definition) is 6. The number of non-ortho nitro benzene ring substituents is 1. The molecule has 0 fully saturated rings. The van der Waals surface area contributed by atoms with Crippen molar-refractivity contribution in [1.82, 2.24) is 5.43 Å². The van der Waals surface area contributed by atoms with Gasteiger partial charge in [0.1, 0.15) is 5.75 Å². The van der Waals surface area contributed by atoms with Crippen LogP contribution in [0.4, 0.5) is 5.69 Å². The molecule has 2 aromatic rings. The Morgan fingerprint density at radius 1 is 1.22 bits per heavy atom. The monoisotopic (exact) mass is 369 g/mol. The van der Waals surface area contributed by atoms with Gasteiger partial charge in [-0.15, -0.1) is 0 Å². The van der Waals surface area contributed by atoms with Gasteiger partial charge in [-0.05, 0) is 36.2 Å². The molecule has 0 aliphatic heterocycles. The van der Waals surface area contributed by atoms with Crippen LogP contribution >= 0.6 is 0 Å². The van der Waals surface area contributed by atoms with Gasteiger partial charge in [0, 0.05) is 18.6 Å². The predicted octanol–water partition coefficient (Wildman–Crippen LogP) is 3.45. The molecule has 0 atom stereocenters. The molecular formula is C19H19N3O5. The number of rotatable bonds is 8. The van der Waals surface area contributed by atoms with Crippen molar-refractivity contribution in [3.63, 3.8) is 0 Å². The third-order valence-electron chi connectivity index (χ3n) is 3.54. The molecule has 1 N–H and O–H groups in total. The predicted molar refractivity (Wildman–Crippen MR) is 99.8 cm³/mol. The molecule has 0 saturated carbocycles. The van der Waals surface area contributed by atoms with Gasteiger partial charge >= 0.3 is 5.97 Å². The first-order valence-electron chi connectivity index (χ1n) is 8.38. The van der Waals surface area contributed by atoms with E-state index in [-0.39, 0.29) is 17.2 Å². The lowest BCUT2D eigenvalue weighted by Gasteiger charge is -2.05. The summed E-state index contributed by atoms with van der Waals surface area (Å²) >= 11 is 0. The quantitative estimate of drug-likeness (QED) is 0.252. The van der Waals surface area contributed by atoms with Crippen molar-refractivity contribution in [2.24, 2.45) is 5.10 Å². The standard InChI is InChI=1S/C19H19N3O5/c1-2-3-7-18(23)21-20-13-14-5-4-6-17(12-14)27-19(24)15-8-10-16(11-9-15)22(25)26/h4-6,8-13H,2-3,7H2,1H3,(H,21,23). The van der Waals surface area contributed by atoms with Crippen LogP contribution in [0, 0.1) is 10.1 Å². The maximum absolute atomic E-state index is 12.1. The highest BCUT2D eigenvalue weighted by atomic mass is 16.6. The Hall–Kier alpha value is -3.55. The molecule has 27 heavy (non-hydrogen) atoms. The van der Waals surface area contributed by atoms with Crippen molar-refractivity contribution in [3.05, 3.63) is 69.8 Å². The van der Waals surface area contributed by atoms with Crippen LogP contribution in [0.15, 0.2) is 53.6 Å². The molecular weight excluding hydrogens is 350 g/mol. The second-order valence-electron chi connectivity index (χ2n) is 5.66. The molecule has 0 aliphatic carbocycles. The van der Waals surface area contributed by atoms with Gasteiger partial charge in [-0.3, -0.25) is 14.9 Å². The van der Waals surface area contributed by atoms with Crippen LogP contribution in [0.5, 0.6) is 5.75 Å². The Labute approximate surface area is 156 Å². The van der Waals surface area contributed by atoms with E-state index < -0.39 is 10.9 Å². The number of carbonyl (C=O) groups is 2. The van der Waals surface area contributed by atoms with Crippen molar-refractivity contribution >= 4 is 23.8 Å². The number of nitro groups is 1. The minimum absolute atomic E-state index is 0.106. The Balaban J connectivity index is 1.97. The van der Waals surface area contributed by atoms with Crippen LogP contribution in [-0.2, 0) is 4.79 Å². The third kappa shape index (κ3) is 6.35. The zero-order valence-electron chi connectivity index (χ0n) is 14.8. The molecule has 0 heterocycles. The number of benzene rings is 2. The molecule has 1 amide bonds. The van der Waals surface area contributed by atoms with Gasteiger partial charge in [-0.25, -0.2) is 10.2 Å². The molecule has 0 radical (unpaired) electrons. The van der Waals surface area contributed by atoms with Gasteiger partial charge in [-0.2, -0.15) is 5.10 Å². The first kappa shape index (κ1) is 19.8. The Morgan fingerprint density at radius 3 is 2.63 bits per heavy atom. The van der Waals surface area contributed by atoms with Gasteiger partial charge in [0.25, 0.3) is 5.69 Å². The fourth-order valence-electron chi connectivity index (χ4n) is 2.12. The number of ether oxygens (including phenoxy) is 1. The first-order chi connectivity index (χ1) is 13.0. The smallest absolute Gasteiger partial charge is 0.343 e. The largest absolute Gasteiger partial charge is 0.423 e. The van der Waals surface area contributed by atoms with Crippen molar-refractivity contribution in [3.8, 4) is 5.75 Å². The van der Waals surface area contributed by atoms with E-state index in [1.54, 1.807) is 24.3 Å². The van der Waals surface area contributed by atoms with Crippen LogP contribution in [0.25, 0.3) is 0 Å². The van der Waals surface area contributed by atoms with Crippen molar-refractivity contribution in [2.75, 3.05) is 0 Å². The van der Waals surface area contributed by atoms with Gasteiger partial charge < -0.3 is 4.74 Å². The van der Waals surface area contributed by atoms with E-state index in [0.717, 1.165) is 12.8 Å². The highest BCUT2D eigenvalue weighted by molar-refractivity contribution is 5.91. The Bertz CT molecular complexity index is 847. The lowest BCUT2D eigenvalue weighted by atomic mass is 10.2. The van der Waals surface area contributed by atoms with E-state index in [4.69, 9.17) is 4.74 Å². The summed E-state index contributed by atoms with van der Waals surface area (Å²) in [6, 6.07) is 11.7. The van der Waals surface area contributed by atoms with Gasteiger partial charge in [0.15, 0.2) is 0 Å². The SMILES string of the molecule is CCCCC(=O)NN=Cc1cccc(OC(=O)c2ccc([N+](=O)[O-])cc2)c1. The maximum atomic E-state index is 12.1. The fourth-order valence-corrected chi connectivity index (χ4v) is 2.12. The molecule has 8 heteroatoms.